The molecule has 0 spiro atoms. The van der Waals surface area contributed by atoms with Gasteiger partial charge in [-0.25, -0.2) is 4.39 Å². The Labute approximate surface area is 239 Å². The third kappa shape index (κ3) is 5.24. The zero-order valence-electron chi connectivity index (χ0n) is 23.3. The van der Waals surface area contributed by atoms with Crippen LogP contribution in [0.4, 0.5) is 4.39 Å². The highest BCUT2D eigenvalue weighted by molar-refractivity contribution is 7.99. The van der Waals surface area contributed by atoms with Gasteiger partial charge >= 0.3 is 0 Å². The maximum Gasteiger partial charge on any atom is 0.251 e. The number of methoxy groups -OCH3 is 1. The zero-order valence-corrected chi connectivity index (χ0v) is 24.2. The maximum absolute atomic E-state index is 14.3. The molecule has 2 atom stereocenters. The highest BCUT2D eigenvalue weighted by Gasteiger charge is 2.56. The number of thioether (sulfide) groups is 1. The summed E-state index contributed by atoms with van der Waals surface area (Å²) in [5.41, 5.74) is -0.0201. The summed E-state index contributed by atoms with van der Waals surface area (Å²) in [6, 6.07) is 6.30. The summed E-state index contributed by atoms with van der Waals surface area (Å²) < 4.78 is 25.2. The molecule has 40 heavy (non-hydrogen) atoms. The number of nitrogens with one attached hydrogen (secondary N) is 1. The SMILES string of the molecule is CCOc1cc(C(=O)NC2CCC([C@@]3(C)C(=O)c4cc(F)cnc4C(C4CCSCC4)C3=O)CC2)ccc1OC. The van der Waals surface area contributed by atoms with E-state index in [9.17, 15) is 18.8 Å². The Morgan fingerprint density at radius 2 is 1.82 bits per heavy atom. The van der Waals surface area contributed by atoms with Crippen LogP contribution in [0.2, 0.25) is 0 Å². The molecule has 1 aromatic carbocycles. The van der Waals surface area contributed by atoms with Crippen molar-refractivity contribution in [3.05, 3.63) is 53.1 Å². The number of carbonyl (C=O) groups excluding carboxylic acids is 3. The number of aromatic nitrogens is 1. The monoisotopic (exact) mass is 568 g/mol. The molecule has 1 aliphatic heterocycles. The molecule has 9 heteroatoms. The first-order valence-electron chi connectivity index (χ1n) is 14.2. The van der Waals surface area contributed by atoms with E-state index in [0.717, 1.165) is 30.5 Å². The number of nitrogens with zero attached hydrogens (tertiary/aromatic N) is 1. The third-order valence-corrected chi connectivity index (χ3v) is 10.1. The second-order valence-electron chi connectivity index (χ2n) is 11.2. The van der Waals surface area contributed by atoms with Gasteiger partial charge in [-0.1, -0.05) is 0 Å². The molecule has 214 valence electrons. The van der Waals surface area contributed by atoms with Crippen molar-refractivity contribution in [1.29, 1.82) is 0 Å². The van der Waals surface area contributed by atoms with Gasteiger partial charge in [0.25, 0.3) is 5.91 Å². The summed E-state index contributed by atoms with van der Waals surface area (Å²) >= 11 is 1.88. The first-order chi connectivity index (χ1) is 19.3. The number of pyridine rings is 1. The van der Waals surface area contributed by atoms with Crippen molar-refractivity contribution in [1.82, 2.24) is 10.3 Å². The van der Waals surface area contributed by atoms with Crippen LogP contribution < -0.4 is 14.8 Å². The Morgan fingerprint density at radius 3 is 2.50 bits per heavy atom. The van der Waals surface area contributed by atoms with Crippen molar-refractivity contribution in [2.45, 2.75) is 64.3 Å². The molecule has 2 fully saturated rings. The molecule has 1 amide bonds. The first-order valence-corrected chi connectivity index (χ1v) is 15.4. The van der Waals surface area contributed by atoms with E-state index < -0.39 is 17.2 Å². The summed E-state index contributed by atoms with van der Waals surface area (Å²) in [5, 5.41) is 3.12. The molecule has 3 aliphatic rings. The molecular weight excluding hydrogens is 531 g/mol. The minimum Gasteiger partial charge on any atom is -0.493 e. The predicted molar refractivity (Wildman–Crippen MR) is 152 cm³/mol. The maximum atomic E-state index is 14.3. The van der Waals surface area contributed by atoms with Crippen LogP contribution in [0.5, 0.6) is 11.5 Å². The van der Waals surface area contributed by atoms with Gasteiger partial charge in [-0.15, -0.1) is 0 Å². The van der Waals surface area contributed by atoms with Crippen LogP contribution in [0, 0.1) is 23.1 Å². The number of ether oxygens (including phenoxy) is 2. The summed E-state index contributed by atoms with van der Waals surface area (Å²) in [6.45, 7) is 4.09. The van der Waals surface area contributed by atoms with E-state index in [4.69, 9.17) is 9.47 Å². The van der Waals surface area contributed by atoms with E-state index in [1.807, 2.05) is 18.7 Å². The van der Waals surface area contributed by atoms with Gasteiger partial charge in [0.15, 0.2) is 23.1 Å². The molecule has 1 saturated carbocycles. The first kappa shape index (κ1) is 28.6. The van der Waals surface area contributed by atoms with E-state index >= 15 is 0 Å². The molecular formula is C31H37FN2O5S. The molecule has 1 saturated heterocycles. The lowest BCUT2D eigenvalue weighted by Gasteiger charge is -2.45. The minimum absolute atomic E-state index is 0.0600. The topological polar surface area (TPSA) is 94.6 Å². The smallest absolute Gasteiger partial charge is 0.251 e. The second-order valence-corrected chi connectivity index (χ2v) is 12.5. The summed E-state index contributed by atoms with van der Waals surface area (Å²) in [4.78, 5) is 45.5. The van der Waals surface area contributed by atoms with Crippen molar-refractivity contribution in [2.24, 2.45) is 17.3 Å². The number of benzene rings is 1. The Kier molecular flexibility index (Phi) is 8.50. The minimum atomic E-state index is -1.23. The van der Waals surface area contributed by atoms with Crippen LogP contribution >= 0.6 is 11.8 Å². The van der Waals surface area contributed by atoms with Crippen LogP contribution in [0.25, 0.3) is 0 Å². The Balaban J connectivity index is 1.32. The van der Waals surface area contributed by atoms with Crippen molar-refractivity contribution >= 4 is 29.2 Å². The highest BCUT2D eigenvalue weighted by atomic mass is 32.2. The normalized spacial score (nSPS) is 27.1. The Hall–Kier alpha value is -2.94. The van der Waals surface area contributed by atoms with Gasteiger partial charge < -0.3 is 14.8 Å². The average Bonchev–Trinajstić information content (AvgIpc) is 2.97. The van der Waals surface area contributed by atoms with Gasteiger partial charge in [0, 0.05) is 17.2 Å². The molecule has 1 aromatic heterocycles. The molecule has 1 unspecified atom stereocenters. The van der Waals surface area contributed by atoms with Gasteiger partial charge in [0.2, 0.25) is 0 Å². The standard InChI is InChI=1S/C31H37FN2O5S/c1-4-39-25-15-19(5-10-24(25)38-3)30(37)34-22-8-6-20(7-9-22)31(2)28(35)23-16-21(32)17-33-27(23)26(29(31)36)18-11-13-40-14-12-18/h5,10,15-18,20,22,26H,4,6-9,11-14H2,1-3H3,(H,34,37)/t20?,22?,26?,31-/m0/s1. The van der Waals surface area contributed by atoms with Gasteiger partial charge in [-0.3, -0.25) is 19.4 Å². The fraction of sp³-hybridized carbons (Fsp3) is 0.548. The quantitative estimate of drug-likeness (QED) is 0.434. The van der Waals surface area contributed by atoms with Crippen molar-refractivity contribution in [3.8, 4) is 11.5 Å². The van der Waals surface area contributed by atoms with Crippen LogP contribution in [-0.4, -0.2) is 53.7 Å². The van der Waals surface area contributed by atoms with E-state index in [1.165, 1.54) is 6.07 Å². The number of halogens is 1. The largest absolute Gasteiger partial charge is 0.493 e. The second kappa shape index (κ2) is 11.9. The number of amides is 1. The molecule has 2 aliphatic carbocycles. The number of carbonyl (C=O) groups is 3. The Bertz CT molecular complexity index is 1290. The number of ketones is 2. The molecule has 2 aromatic rings. The molecule has 0 bridgehead atoms. The molecule has 0 radical (unpaired) electrons. The van der Waals surface area contributed by atoms with Gasteiger partial charge in [-0.05, 0) is 100.0 Å². The zero-order chi connectivity index (χ0) is 28.4. The van der Waals surface area contributed by atoms with E-state index in [0.29, 0.717) is 55.0 Å². The lowest BCUT2D eigenvalue weighted by atomic mass is 9.56. The lowest BCUT2D eigenvalue weighted by molar-refractivity contribution is -0.132. The summed E-state index contributed by atoms with van der Waals surface area (Å²) in [6.07, 6.45) is 5.45. The fourth-order valence-corrected chi connectivity index (χ4v) is 7.90. The fourth-order valence-electron chi connectivity index (χ4n) is 6.76. The van der Waals surface area contributed by atoms with Gasteiger partial charge in [0.05, 0.1) is 36.9 Å². The number of hydrogen-bond acceptors (Lipinski definition) is 7. The lowest BCUT2D eigenvalue weighted by Crippen LogP contribution is -2.53. The molecule has 2 heterocycles. The van der Waals surface area contributed by atoms with Gasteiger partial charge in [0.1, 0.15) is 5.82 Å². The van der Waals surface area contributed by atoms with E-state index in [-0.39, 0.29) is 40.9 Å². The summed E-state index contributed by atoms with van der Waals surface area (Å²) in [7, 11) is 1.56. The number of hydrogen-bond donors (Lipinski definition) is 1. The van der Waals surface area contributed by atoms with Crippen molar-refractivity contribution in [2.75, 3.05) is 25.2 Å². The van der Waals surface area contributed by atoms with E-state index in [1.54, 1.807) is 32.2 Å². The summed E-state index contributed by atoms with van der Waals surface area (Å²) in [5.74, 6) is 1.35. The Morgan fingerprint density at radius 1 is 1.10 bits per heavy atom. The molecule has 1 N–H and O–H groups in total. The third-order valence-electron chi connectivity index (χ3n) is 9.03. The number of Topliss-reactive ketones (excluding diaryl/α,β-unsaturated/α-hetero) is 2. The molecule has 5 rings (SSSR count). The van der Waals surface area contributed by atoms with Crippen molar-refractivity contribution < 1.29 is 28.2 Å². The van der Waals surface area contributed by atoms with Crippen LogP contribution in [0.3, 0.4) is 0 Å². The predicted octanol–water partition coefficient (Wildman–Crippen LogP) is 5.62. The van der Waals surface area contributed by atoms with Gasteiger partial charge in [-0.2, -0.15) is 11.8 Å². The van der Waals surface area contributed by atoms with Crippen LogP contribution in [0.1, 0.15) is 84.7 Å². The highest BCUT2D eigenvalue weighted by Crippen LogP contribution is 2.51. The molecule has 7 nitrogen and oxygen atoms in total. The number of fused-ring (bicyclic) bond motifs is 1. The van der Waals surface area contributed by atoms with Crippen LogP contribution in [0.15, 0.2) is 30.5 Å². The van der Waals surface area contributed by atoms with Crippen molar-refractivity contribution in [3.63, 3.8) is 0 Å². The average molecular weight is 569 g/mol. The number of rotatable bonds is 7. The van der Waals surface area contributed by atoms with Crippen LogP contribution in [-0.2, 0) is 4.79 Å². The van der Waals surface area contributed by atoms with E-state index in [2.05, 4.69) is 10.3 Å².